The number of amides is 4. The molecule has 2 bridgehead atoms. The summed E-state index contributed by atoms with van der Waals surface area (Å²) in [6.45, 7) is 4.73. The number of piperazine rings is 1. The number of carbonyl (C=O) groups is 4. The van der Waals surface area contributed by atoms with E-state index in [-0.39, 0.29) is 28.5 Å². The average Bonchev–Trinajstić information content (AvgIpc) is 4.02. The number of aromatic nitrogens is 3. The van der Waals surface area contributed by atoms with Crippen LogP contribution < -0.4 is 26.3 Å². The lowest BCUT2D eigenvalue weighted by atomic mass is 9.82. The molecule has 78 heavy (non-hydrogen) atoms. The van der Waals surface area contributed by atoms with Crippen LogP contribution in [0.4, 0.5) is 46.1 Å². The van der Waals surface area contributed by atoms with Crippen molar-refractivity contribution in [1.82, 2.24) is 46.0 Å². The van der Waals surface area contributed by atoms with Crippen molar-refractivity contribution in [1.29, 1.82) is 0 Å². The lowest BCUT2D eigenvalue weighted by Crippen LogP contribution is -2.63. The molecule has 4 aliphatic rings. The van der Waals surface area contributed by atoms with Gasteiger partial charge in [-0.2, -0.15) is 27.1 Å². The summed E-state index contributed by atoms with van der Waals surface area (Å²) in [6, 6.07) is 9.51. The van der Waals surface area contributed by atoms with E-state index in [1.807, 2.05) is 17.4 Å². The smallest absolute Gasteiger partial charge is 0.408 e. The van der Waals surface area contributed by atoms with Crippen molar-refractivity contribution in [2.75, 3.05) is 44.9 Å². The first-order valence-corrected chi connectivity index (χ1v) is 25.7. The van der Waals surface area contributed by atoms with Gasteiger partial charge in [-0.15, -0.1) is 0 Å². The molecule has 4 aromatic rings. The zero-order valence-electron chi connectivity index (χ0n) is 44.0. The van der Waals surface area contributed by atoms with E-state index in [4.69, 9.17) is 14.5 Å². The normalized spacial score (nSPS) is 19.7. The Balaban J connectivity index is 1.07. The quantitative estimate of drug-likeness (QED) is 0.0453. The Morgan fingerprint density at radius 3 is 1.96 bits per heavy atom. The van der Waals surface area contributed by atoms with Gasteiger partial charge in [-0.05, 0) is 92.8 Å². The fraction of sp³-hybridized carbons (Fsp3) is 0.547. The minimum absolute atomic E-state index is 0.196. The molecule has 3 aliphatic heterocycles. The van der Waals surface area contributed by atoms with Crippen LogP contribution in [0.15, 0.2) is 67.0 Å². The van der Waals surface area contributed by atoms with Crippen molar-refractivity contribution in [2.24, 2.45) is 10.8 Å². The number of anilines is 1. The van der Waals surface area contributed by atoms with Crippen LogP contribution in [0.2, 0.25) is 0 Å². The molecule has 6 atom stereocenters. The van der Waals surface area contributed by atoms with E-state index in [1.54, 1.807) is 51.2 Å². The second-order valence-corrected chi connectivity index (χ2v) is 22.0. The number of nitrogens with one attached hydrogen (secondary N) is 4. The number of aliphatic hydroxyl groups is 1. The monoisotopic (exact) mass is 1100 g/mol. The lowest BCUT2D eigenvalue weighted by molar-refractivity contribution is -0.220. The molecular formula is C53H65F7N10O8. The number of methoxy groups -OCH3 is 1. The molecule has 424 valence electrons. The number of nitrogens with zero attached hydrogens (tertiary/aromatic N) is 6. The molecule has 2 aromatic carbocycles. The van der Waals surface area contributed by atoms with Crippen molar-refractivity contribution in [3.8, 4) is 22.4 Å². The van der Waals surface area contributed by atoms with E-state index in [0.29, 0.717) is 50.4 Å². The van der Waals surface area contributed by atoms with Crippen LogP contribution in [0.3, 0.4) is 0 Å². The summed E-state index contributed by atoms with van der Waals surface area (Å²) in [7, 11) is 0.890. The maximum Gasteiger partial charge on any atom is 0.408 e. The highest BCUT2D eigenvalue weighted by molar-refractivity contribution is 5.87. The molecule has 5 N–H and O–H groups in total. The summed E-state index contributed by atoms with van der Waals surface area (Å²) < 4.78 is 118. The number of fused-ring (bicyclic) bond motifs is 2. The third-order valence-corrected chi connectivity index (χ3v) is 14.8. The summed E-state index contributed by atoms with van der Waals surface area (Å²) in [5, 5.41) is 23.7. The highest BCUT2D eigenvalue weighted by Gasteiger charge is 2.56. The number of hydrazine groups is 1. The van der Waals surface area contributed by atoms with E-state index in [2.05, 4.69) is 35.7 Å². The van der Waals surface area contributed by atoms with Gasteiger partial charge in [0, 0.05) is 67.3 Å². The Morgan fingerprint density at radius 2 is 1.44 bits per heavy atom. The first kappa shape index (κ1) is 57.6. The average molecular weight is 1100 g/mol. The third-order valence-electron chi connectivity index (χ3n) is 14.8. The summed E-state index contributed by atoms with van der Waals surface area (Å²) in [6.07, 6.45) is -3.79. The van der Waals surface area contributed by atoms with Gasteiger partial charge in [-0.3, -0.25) is 19.9 Å². The molecule has 1 aliphatic carbocycles. The maximum atomic E-state index is 16.1. The zero-order valence-corrected chi connectivity index (χ0v) is 44.0. The standard InChI is InChI=1S/C53H65F7N10O8/c1-51(2,3)44(63-50(75)78-36-14-15-36)47(73)66-68(25-37-38(54)20-32(21-39(37)55)40-17-18-69(65-40)48(56)57)26-42(71)41(62-46(72)45(64-49(74)76-6)52(4,5)53(58,59)60)19-29-7-9-30(10-8-29)31-11-16-43(61-22-31)67-23-33-12-13-34(24-67)70(33)35-27-77-28-35/h7-11,16-18,20-22,33-36,41-42,44-45,48,71H,12-15,19,23-28H2,1-6H3,(H,62,72)(H,63,75)(H,64,74)(H,66,73)/t33?,34?,41-,42-,44+,45+/m0/s1. The minimum Gasteiger partial charge on any atom is -0.453 e. The number of ether oxygens (including phenoxy) is 3. The fourth-order valence-electron chi connectivity index (χ4n) is 9.99. The number of rotatable bonds is 20. The van der Waals surface area contributed by atoms with Gasteiger partial charge in [0.1, 0.15) is 35.6 Å². The minimum atomic E-state index is -5.08. The van der Waals surface area contributed by atoms with Gasteiger partial charge in [0.2, 0.25) is 5.91 Å². The molecule has 0 radical (unpaired) electrons. The number of alkyl carbamates (subject to hydrolysis) is 2. The number of benzene rings is 2. The van der Waals surface area contributed by atoms with Crippen molar-refractivity contribution in [3.05, 3.63) is 89.8 Å². The van der Waals surface area contributed by atoms with Gasteiger partial charge < -0.3 is 40.2 Å². The van der Waals surface area contributed by atoms with E-state index in [9.17, 15) is 46.2 Å². The van der Waals surface area contributed by atoms with Crippen molar-refractivity contribution >= 4 is 29.8 Å². The Bertz CT molecular complexity index is 2730. The van der Waals surface area contributed by atoms with Gasteiger partial charge in [0.25, 0.3) is 5.91 Å². The van der Waals surface area contributed by atoms with Gasteiger partial charge in [0.15, 0.2) is 0 Å². The zero-order chi connectivity index (χ0) is 56.4. The maximum absolute atomic E-state index is 16.1. The van der Waals surface area contributed by atoms with E-state index in [1.165, 1.54) is 0 Å². The highest BCUT2D eigenvalue weighted by Crippen LogP contribution is 2.41. The molecule has 2 aromatic heterocycles. The molecule has 1 saturated carbocycles. The SMILES string of the molecule is COC(=O)N[C@H](C(=O)N[C@@H](Cc1ccc(-c2ccc(N3CC4CCC(C3)N4C3COC3)nc2)cc1)[C@@H](O)CN(Cc1c(F)cc(-c2ccn(C(F)F)n2)cc1F)NC(=O)[C@@H](NC(=O)OC1CC1)C(C)(C)C)C(C)(C)C(F)(F)F. The molecule has 25 heteroatoms. The third kappa shape index (κ3) is 13.5. The van der Waals surface area contributed by atoms with Crippen LogP contribution in [0.5, 0.6) is 0 Å². The molecule has 4 amide bonds. The number of alkyl halides is 5. The molecule has 4 fully saturated rings. The van der Waals surface area contributed by atoms with Crippen LogP contribution in [0.25, 0.3) is 22.4 Å². The molecule has 0 spiro atoms. The van der Waals surface area contributed by atoms with Gasteiger partial charge in [-0.1, -0.05) is 45.0 Å². The first-order chi connectivity index (χ1) is 36.8. The number of pyridine rings is 1. The van der Waals surface area contributed by atoms with Crippen LogP contribution in [0.1, 0.15) is 78.0 Å². The van der Waals surface area contributed by atoms with Gasteiger partial charge in [-0.25, -0.2) is 33.0 Å². The lowest BCUT2D eigenvalue weighted by Gasteiger charge is -2.48. The fourth-order valence-corrected chi connectivity index (χ4v) is 9.99. The Labute approximate surface area is 446 Å². The Morgan fingerprint density at radius 1 is 0.808 bits per heavy atom. The number of carbonyl (C=O) groups excluding carboxylic acids is 4. The van der Waals surface area contributed by atoms with Gasteiger partial charge >= 0.3 is 24.9 Å². The molecule has 18 nitrogen and oxygen atoms in total. The summed E-state index contributed by atoms with van der Waals surface area (Å²) >= 11 is 0. The van der Waals surface area contributed by atoms with Crippen LogP contribution in [-0.4, -0.2) is 148 Å². The second-order valence-electron chi connectivity index (χ2n) is 22.0. The number of hydrogen-bond donors (Lipinski definition) is 5. The highest BCUT2D eigenvalue weighted by atomic mass is 19.4. The topological polar surface area (TPSA) is 205 Å². The van der Waals surface area contributed by atoms with Crippen molar-refractivity contribution < 1.29 is 69.2 Å². The number of halogens is 7. The molecular weight excluding hydrogens is 1040 g/mol. The number of hydrogen-bond acceptors (Lipinski definition) is 13. The summed E-state index contributed by atoms with van der Waals surface area (Å²) in [5.74, 6) is -3.96. The molecule has 2 unspecified atom stereocenters. The Hall–Kier alpha value is -6.57. The van der Waals surface area contributed by atoms with Crippen LogP contribution >= 0.6 is 0 Å². The summed E-state index contributed by atoms with van der Waals surface area (Å²) in [5.41, 5.74) is -0.626. The Kier molecular flexibility index (Phi) is 17.3. The van der Waals surface area contributed by atoms with Crippen LogP contribution in [-0.2, 0) is 36.8 Å². The molecule has 8 rings (SSSR count). The van der Waals surface area contributed by atoms with Gasteiger partial charge in [0.05, 0.1) is 49.6 Å². The van der Waals surface area contributed by atoms with E-state index in [0.717, 1.165) is 92.6 Å². The van der Waals surface area contributed by atoms with E-state index >= 15 is 8.78 Å². The van der Waals surface area contributed by atoms with E-state index < -0.39 is 102 Å². The molecule has 5 heterocycles. The van der Waals surface area contributed by atoms with Crippen molar-refractivity contribution in [3.63, 3.8) is 0 Å². The van der Waals surface area contributed by atoms with Crippen molar-refractivity contribution in [2.45, 2.75) is 134 Å². The second kappa shape index (κ2) is 23.4. The molecule has 3 saturated heterocycles. The first-order valence-electron chi connectivity index (χ1n) is 25.7. The number of aliphatic hydroxyl groups excluding tert-OH is 1. The summed E-state index contributed by atoms with van der Waals surface area (Å²) in [4.78, 5) is 63.5. The predicted octanol–water partition coefficient (Wildman–Crippen LogP) is 6.88. The predicted molar refractivity (Wildman–Crippen MR) is 269 cm³/mol. The largest absolute Gasteiger partial charge is 0.453 e. The van der Waals surface area contributed by atoms with Crippen LogP contribution in [0, 0.1) is 22.5 Å².